The second kappa shape index (κ2) is 9.10. The number of rotatable bonds is 6. The number of alkyl halides is 1. The van der Waals surface area contributed by atoms with Crippen molar-refractivity contribution in [2.45, 2.75) is 69.6 Å². The highest BCUT2D eigenvalue weighted by Gasteiger charge is 2.56. The van der Waals surface area contributed by atoms with E-state index in [2.05, 4.69) is 61.4 Å². The van der Waals surface area contributed by atoms with Crippen LogP contribution in [0.5, 0.6) is 0 Å². The second-order valence-electron chi connectivity index (χ2n) is 9.68. The molecule has 2 aliphatic heterocycles. The zero-order valence-electron chi connectivity index (χ0n) is 18.8. The quantitative estimate of drug-likeness (QED) is 0.108. The fourth-order valence-corrected chi connectivity index (χ4v) is 7.22. The van der Waals surface area contributed by atoms with Gasteiger partial charge in [-0.1, -0.05) is 55.1 Å². The molecule has 2 aliphatic rings. The van der Waals surface area contributed by atoms with E-state index in [0.29, 0.717) is 16.1 Å². The largest absolute Gasteiger partial charge is 0.413 e. The van der Waals surface area contributed by atoms with Crippen LogP contribution in [0.25, 0.3) is 0 Å². The van der Waals surface area contributed by atoms with Gasteiger partial charge in [-0.15, -0.1) is 0 Å². The van der Waals surface area contributed by atoms with Crippen LogP contribution in [0.15, 0.2) is 29.3 Å². The molecule has 2 fully saturated rings. The average Bonchev–Trinajstić information content (AvgIpc) is 2.66. The molecule has 0 bridgehead atoms. The van der Waals surface area contributed by atoms with Crippen molar-refractivity contribution in [1.29, 1.82) is 0 Å². The van der Waals surface area contributed by atoms with Crippen molar-refractivity contribution >= 4 is 65.1 Å². The maximum absolute atomic E-state index is 13.2. The Morgan fingerprint density at radius 3 is 2.48 bits per heavy atom. The minimum absolute atomic E-state index is 0.0277. The lowest BCUT2D eigenvalue weighted by Crippen LogP contribution is -2.69. The Bertz CT molecular complexity index is 888. The van der Waals surface area contributed by atoms with Gasteiger partial charge in [-0.05, 0) is 43.6 Å². The van der Waals surface area contributed by atoms with Crippen molar-refractivity contribution in [1.82, 2.24) is 4.90 Å². The van der Waals surface area contributed by atoms with E-state index in [4.69, 9.17) is 4.43 Å². The normalized spacial score (nSPS) is 26.4. The number of carbonyl (C=O) groups is 1. The molecule has 2 saturated heterocycles. The average molecular weight is 576 g/mol. The van der Waals surface area contributed by atoms with E-state index in [-0.39, 0.29) is 34.7 Å². The summed E-state index contributed by atoms with van der Waals surface area (Å²) in [6.45, 7) is 13.1. The van der Waals surface area contributed by atoms with E-state index < -0.39 is 13.2 Å². The Balaban J connectivity index is 1.82. The second-order valence-corrected chi connectivity index (χ2v) is 16.6. The third kappa shape index (κ3) is 5.01. The van der Waals surface area contributed by atoms with Crippen LogP contribution in [0.3, 0.4) is 0 Å². The summed E-state index contributed by atoms with van der Waals surface area (Å²) < 4.78 is 7.53. The molecule has 3 rings (SSSR count). The number of thioether (sulfide) groups is 1. The minimum Gasteiger partial charge on any atom is -0.413 e. The number of fused-ring (bicyclic) bond motifs is 1. The molecule has 0 saturated carbocycles. The SMILES string of the molecule is C[C@@H](O[Si](C)(C)C(C)(C)C)[C@H]1C(=O)N2C(=Nc3ccc([N+](=O)[O-])cc3)S[C@H](CI)C[C@H]12. The monoisotopic (exact) mass is 575 g/mol. The Labute approximate surface area is 202 Å². The standard InChI is InChI=1S/C21H30IN3O4SSi/c1-13(29-31(5,6)21(2,3)4)18-17-11-16(12-22)30-20(24(17)19(18)26)23-14-7-9-15(10-8-14)25(27)28/h7-10,13,16-18H,11-12H2,1-6H3/t13-,16+,17-,18-/m1/s1. The lowest BCUT2D eigenvalue weighted by molar-refractivity contribution is -0.384. The molecule has 1 aromatic rings. The van der Waals surface area contributed by atoms with Gasteiger partial charge in [-0.3, -0.25) is 19.8 Å². The molecule has 0 aromatic heterocycles. The van der Waals surface area contributed by atoms with Crippen LogP contribution in [0.2, 0.25) is 18.1 Å². The van der Waals surface area contributed by atoms with E-state index in [0.717, 1.165) is 10.8 Å². The third-order valence-corrected chi connectivity index (χ3v) is 13.9. The molecule has 0 unspecified atom stereocenters. The molecule has 0 N–H and O–H groups in total. The molecule has 0 aliphatic carbocycles. The molecular weight excluding hydrogens is 545 g/mol. The van der Waals surface area contributed by atoms with Crippen LogP contribution in [0, 0.1) is 16.0 Å². The van der Waals surface area contributed by atoms with Gasteiger partial charge in [0.1, 0.15) is 0 Å². The van der Waals surface area contributed by atoms with Gasteiger partial charge in [0.15, 0.2) is 13.5 Å². The first-order valence-corrected chi connectivity index (χ1v) is 15.7. The van der Waals surface area contributed by atoms with Crippen LogP contribution in [-0.4, -0.2) is 51.0 Å². The summed E-state index contributed by atoms with van der Waals surface area (Å²) >= 11 is 4.00. The van der Waals surface area contributed by atoms with Gasteiger partial charge >= 0.3 is 0 Å². The number of β-lactam (4-membered cyclic amide) rings is 1. The Kier molecular flexibility index (Phi) is 7.24. The Morgan fingerprint density at radius 2 is 1.97 bits per heavy atom. The molecule has 31 heavy (non-hydrogen) atoms. The number of amidine groups is 1. The highest BCUT2D eigenvalue weighted by atomic mass is 127. The van der Waals surface area contributed by atoms with E-state index in [9.17, 15) is 14.9 Å². The highest BCUT2D eigenvalue weighted by Crippen LogP contribution is 2.46. The van der Waals surface area contributed by atoms with Crippen LogP contribution < -0.4 is 0 Å². The summed E-state index contributed by atoms with van der Waals surface area (Å²) in [5, 5.41) is 12.0. The summed E-state index contributed by atoms with van der Waals surface area (Å²) in [6.07, 6.45) is 0.794. The fraction of sp³-hybridized carbons (Fsp3) is 0.619. The van der Waals surface area contributed by atoms with E-state index in [1.165, 1.54) is 12.1 Å². The van der Waals surface area contributed by atoms with Gasteiger partial charge in [0.05, 0.1) is 28.7 Å². The number of nitrogens with zero attached hydrogens (tertiary/aromatic N) is 3. The summed E-state index contributed by atoms with van der Waals surface area (Å²) in [7, 11) is -1.98. The summed E-state index contributed by atoms with van der Waals surface area (Å²) in [6, 6.07) is 6.22. The minimum atomic E-state index is -1.98. The van der Waals surface area contributed by atoms with Crippen LogP contribution in [0.1, 0.15) is 34.1 Å². The fourth-order valence-electron chi connectivity index (χ4n) is 3.74. The molecule has 1 aromatic carbocycles. The molecule has 0 radical (unpaired) electrons. The summed E-state index contributed by atoms with van der Waals surface area (Å²) in [5.41, 5.74) is 0.641. The number of nitro benzene ring substituents is 1. The lowest BCUT2D eigenvalue weighted by Gasteiger charge is -2.54. The number of aliphatic imine (C=N–C) groups is 1. The molecule has 170 valence electrons. The third-order valence-electron chi connectivity index (χ3n) is 6.50. The predicted octanol–water partition coefficient (Wildman–Crippen LogP) is 5.76. The zero-order chi connectivity index (χ0) is 23.1. The van der Waals surface area contributed by atoms with Crippen LogP contribution >= 0.6 is 34.4 Å². The number of carbonyl (C=O) groups excluding carboxylic acids is 1. The van der Waals surface area contributed by atoms with Crippen LogP contribution in [0.4, 0.5) is 11.4 Å². The highest BCUT2D eigenvalue weighted by molar-refractivity contribution is 14.1. The van der Waals surface area contributed by atoms with E-state index in [1.54, 1.807) is 23.9 Å². The van der Waals surface area contributed by atoms with Crippen molar-refractivity contribution in [3.05, 3.63) is 34.4 Å². The van der Waals surface area contributed by atoms with Crippen molar-refractivity contribution in [3.63, 3.8) is 0 Å². The van der Waals surface area contributed by atoms with Crippen molar-refractivity contribution < 1.29 is 14.1 Å². The van der Waals surface area contributed by atoms with Crippen molar-refractivity contribution in [2.24, 2.45) is 10.9 Å². The lowest BCUT2D eigenvalue weighted by atomic mass is 9.81. The maximum Gasteiger partial charge on any atom is 0.269 e. The molecule has 4 atom stereocenters. The predicted molar refractivity (Wildman–Crippen MR) is 137 cm³/mol. The molecule has 1 amide bonds. The summed E-state index contributed by atoms with van der Waals surface area (Å²) in [5.74, 6) is -0.0844. The van der Waals surface area contributed by atoms with Gasteiger partial charge in [0, 0.05) is 21.8 Å². The van der Waals surface area contributed by atoms with Gasteiger partial charge in [0.2, 0.25) is 5.91 Å². The van der Waals surface area contributed by atoms with Crippen molar-refractivity contribution in [3.8, 4) is 0 Å². The first kappa shape index (κ1) is 24.7. The van der Waals surface area contributed by atoms with E-state index in [1.807, 2.05) is 11.8 Å². The number of nitro groups is 1. The molecular formula is C21H30IN3O4SSi. The smallest absolute Gasteiger partial charge is 0.269 e. The van der Waals surface area contributed by atoms with Gasteiger partial charge in [0.25, 0.3) is 5.69 Å². The number of non-ortho nitro benzene ring substituents is 1. The first-order chi connectivity index (χ1) is 14.4. The number of hydrogen-bond acceptors (Lipinski definition) is 6. The van der Waals surface area contributed by atoms with Crippen LogP contribution in [-0.2, 0) is 9.22 Å². The maximum atomic E-state index is 13.2. The summed E-state index contributed by atoms with van der Waals surface area (Å²) in [4.78, 5) is 30.1. The Hall–Kier alpha value is -0.983. The molecule has 7 nitrogen and oxygen atoms in total. The van der Waals surface area contributed by atoms with E-state index >= 15 is 0 Å². The molecule has 10 heteroatoms. The van der Waals surface area contributed by atoms with Crippen molar-refractivity contribution in [2.75, 3.05) is 4.43 Å². The molecule has 0 spiro atoms. The zero-order valence-corrected chi connectivity index (χ0v) is 22.8. The van der Waals surface area contributed by atoms with Gasteiger partial charge in [-0.25, -0.2) is 4.99 Å². The topological polar surface area (TPSA) is 85.0 Å². The van der Waals surface area contributed by atoms with Gasteiger partial charge in [-0.2, -0.15) is 0 Å². The number of hydrogen-bond donors (Lipinski definition) is 0. The number of amides is 1. The molecule has 2 heterocycles. The number of halogens is 1. The first-order valence-electron chi connectivity index (χ1n) is 10.4. The Morgan fingerprint density at radius 1 is 1.35 bits per heavy atom. The van der Waals surface area contributed by atoms with Gasteiger partial charge < -0.3 is 4.43 Å². The number of benzene rings is 1.